The zero-order chi connectivity index (χ0) is 26.9. The van der Waals surface area contributed by atoms with Crippen LogP contribution in [0.3, 0.4) is 0 Å². The van der Waals surface area contributed by atoms with Crippen molar-refractivity contribution in [1.82, 2.24) is 10.6 Å². The Balaban J connectivity index is 3.54. The number of carboxylic acid groups (broad SMARTS) is 2. The molecule has 8 heteroatoms. The minimum Gasteiger partial charge on any atom is -0.481 e. The SMILES string of the molecule is CCCCCNC(=O)[C@H](CCNC(=O)CCCCCCCCCCCCCCCCC(=O)O)C(=O)O. The molecule has 0 bridgehead atoms. The highest BCUT2D eigenvalue weighted by Crippen LogP contribution is 2.14. The molecule has 0 rings (SSSR count). The van der Waals surface area contributed by atoms with E-state index in [0.29, 0.717) is 19.4 Å². The van der Waals surface area contributed by atoms with E-state index in [9.17, 15) is 24.3 Å². The van der Waals surface area contributed by atoms with Crippen molar-refractivity contribution >= 4 is 23.8 Å². The minimum absolute atomic E-state index is 0.0793. The topological polar surface area (TPSA) is 133 Å². The van der Waals surface area contributed by atoms with Crippen molar-refractivity contribution in [2.24, 2.45) is 5.92 Å². The van der Waals surface area contributed by atoms with Gasteiger partial charge in [-0.2, -0.15) is 0 Å². The number of carboxylic acids is 2. The van der Waals surface area contributed by atoms with Gasteiger partial charge in [-0.25, -0.2) is 0 Å². The number of amides is 2. The molecule has 2 amide bonds. The molecular weight excluding hydrogens is 460 g/mol. The standard InChI is InChI=1S/C28H52N2O6/c1-2-3-18-22-30-27(34)24(28(35)36)21-23-29-25(31)19-16-14-12-10-8-6-4-5-7-9-11-13-15-17-20-26(32)33/h24H,2-23H2,1H3,(H,29,31)(H,30,34)(H,32,33)(H,35,36)/t24-/m0/s1. The van der Waals surface area contributed by atoms with Crippen LogP contribution < -0.4 is 10.6 Å². The predicted octanol–water partition coefficient (Wildman–Crippen LogP) is 5.83. The van der Waals surface area contributed by atoms with E-state index in [1.807, 2.05) is 0 Å². The fourth-order valence-electron chi connectivity index (χ4n) is 4.20. The molecule has 8 nitrogen and oxygen atoms in total. The Kier molecular flexibility index (Phi) is 23.1. The van der Waals surface area contributed by atoms with Gasteiger partial charge in [-0.1, -0.05) is 96.8 Å². The maximum atomic E-state index is 12.0. The van der Waals surface area contributed by atoms with Gasteiger partial charge in [0.05, 0.1) is 0 Å². The summed E-state index contributed by atoms with van der Waals surface area (Å²) in [6.45, 7) is 2.75. The molecule has 0 saturated heterocycles. The quantitative estimate of drug-likeness (QED) is 0.0852. The Morgan fingerprint density at radius 2 is 1.06 bits per heavy atom. The Bertz CT molecular complexity index is 597. The number of aliphatic carboxylic acids is 2. The molecule has 1 atom stereocenters. The number of unbranched alkanes of at least 4 members (excludes halogenated alkanes) is 15. The van der Waals surface area contributed by atoms with E-state index in [4.69, 9.17) is 5.11 Å². The highest BCUT2D eigenvalue weighted by molar-refractivity contribution is 5.96. The highest BCUT2D eigenvalue weighted by atomic mass is 16.4. The van der Waals surface area contributed by atoms with E-state index >= 15 is 0 Å². The molecule has 0 aromatic carbocycles. The lowest BCUT2D eigenvalue weighted by Crippen LogP contribution is -2.38. The molecule has 4 N–H and O–H groups in total. The Hall–Kier alpha value is -2.12. The molecule has 0 heterocycles. The van der Waals surface area contributed by atoms with Gasteiger partial charge in [0.1, 0.15) is 5.92 Å². The van der Waals surface area contributed by atoms with Gasteiger partial charge >= 0.3 is 11.9 Å². The van der Waals surface area contributed by atoms with Gasteiger partial charge in [-0.15, -0.1) is 0 Å². The molecule has 0 aliphatic heterocycles. The summed E-state index contributed by atoms with van der Waals surface area (Å²) in [4.78, 5) is 45.8. The molecular formula is C28H52N2O6. The summed E-state index contributed by atoms with van der Waals surface area (Å²) in [7, 11) is 0. The fourth-order valence-corrected chi connectivity index (χ4v) is 4.20. The molecule has 36 heavy (non-hydrogen) atoms. The summed E-state index contributed by atoms with van der Waals surface area (Å²) in [5.41, 5.74) is 0. The summed E-state index contributed by atoms with van der Waals surface area (Å²) < 4.78 is 0. The van der Waals surface area contributed by atoms with Crippen molar-refractivity contribution in [1.29, 1.82) is 0 Å². The summed E-state index contributed by atoms with van der Waals surface area (Å²) in [5, 5.41) is 23.3. The average Bonchev–Trinajstić information content (AvgIpc) is 2.83. The zero-order valence-corrected chi connectivity index (χ0v) is 22.7. The van der Waals surface area contributed by atoms with Gasteiger partial charge in [0.15, 0.2) is 0 Å². The molecule has 0 fully saturated rings. The second-order valence-corrected chi connectivity index (χ2v) is 9.87. The predicted molar refractivity (Wildman–Crippen MR) is 143 cm³/mol. The van der Waals surface area contributed by atoms with Crippen molar-refractivity contribution in [3.63, 3.8) is 0 Å². The number of carbonyl (C=O) groups excluding carboxylic acids is 2. The number of nitrogens with one attached hydrogen (secondary N) is 2. The van der Waals surface area contributed by atoms with E-state index in [1.165, 1.54) is 51.4 Å². The third-order valence-electron chi connectivity index (χ3n) is 6.49. The molecule has 0 radical (unpaired) electrons. The van der Waals surface area contributed by atoms with E-state index in [-0.39, 0.29) is 18.9 Å². The van der Waals surface area contributed by atoms with Crippen LogP contribution in [0.5, 0.6) is 0 Å². The van der Waals surface area contributed by atoms with Gasteiger partial charge in [-0.3, -0.25) is 19.2 Å². The first-order valence-corrected chi connectivity index (χ1v) is 14.4. The molecule has 0 saturated carbocycles. The first-order valence-electron chi connectivity index (χ1n) is 14.4. The molecule has 210 valence electrons. The second-order valence-electron chi connectivity index (χ2n) is 9.87. The Labute approximate surface area is 218 Å². The van der Waals surface area contributed by atoms with Crippen LogP contribution in [0.15, 0.2) is 0 Å². The lowest BCUT2D eigenvalue weighted by atomic mass is 10.0. The van der Waals surface area contributed by atoms with E-state index in [1.54, 1.807) is 0 Å². The number of carbonyl (C=O) groups is 4. The lowest BCUT2D eigenvalue weighted by molar-refractivity contribution is -0.147. The summed E-state index contributed by atoms with van der Waals surface area (Å²) in [6, 6.07) is 0. The Morgan fingerprint density at radius 3 is 1.50 bits per heavy atom. The molecule has 0 unspecified atom stereocenters. The van der Waals surface area contributed by atoms with E-state index < -0.39 is 23.8 Å². The smallest absolute Gasteiger partial charge is 0.316 e. The van der Waals surface area contributed by atoms with Crippen molar-refractivity contribution in [3.8, 4) is 0 Å². The zero-order valence-electron chi connectivity index (χ0n) is 22.7. The van der Waals surface area contributed by atoms with Gasteiger partial charge in [0.25, 0.3) is 0 Å². The second kappa shape index (κ2) is 24.6. The first kappa shape index (κ1) is 33.9. The van der Waals surface area contributed by atoms with Crippen LogP contribution >= 0.6 is 0 Å². The van der Waals surface area contributed by atoms with Crippen molar-refractivity contribution in [2.75, 3.05) is 13.1 Å². The summed E-state index contributed by atoms with van der Waals surface area (Å²) in [5.74, 6) is -3.52. The van der Waals surface area contributed by atoms with Crippen molar-refractivity contribution in [3.05, 3.63) is 0 Å². The molecule has 0 aromatic rings. The monoisotopic (exact) mass is 512 g/mol. The third-order valence-corrected chi connectivity index (χ3v) is 6.49. The van der Waals surface area contributed by atoms with Crippen LogP contribution in [-0.4, -0.2) is 47.1 Å². The fraction of sp³-hybridized carbons (Fsp3) is 0.857. The van der Waals surface area contributed by atoms with Crippen LogP contribution in [0.2, 0.25) is 0 Å². The van der Waals surface area contributed by atoms with Crippen LogP contribution in [0, 0.1) is 5.92 Å². The van der Waals surface area contributed by atoms with Crippen LogP contribution in [0.25, 0.3) is 0 Å². The molecule has 0 aliphatic rings. The normalized spacial score (nSPS) is 11.7. The van der Waals surface area contributed by atoms with Crippen molar-refractivity contribution in [2.45, 2.75) is 135 Å². The van der Waals surface area contributed by atoms with Gasteiger partial charge in [0, 0.05) is 25.9 Å². The Morgan fingerprint density at radius 1 is 0.583 bits per heavy atom. The van der Waals surface area contributed by atoms with Gasteiger partial charge in [0.2, 0.25) is 11.8 Å². The third kappa shape index (κ3) is 22.4. The van der Waals surface area contributed by atoms with Gasteiger partial charge < -0.3 is 20.8 Å². The van der Waals surface area contributed by atoms with Crippen LogP contribution in [-0.2, 0) is 19.2 Å². The highest BCUT2D eigenvalue weighted by Gasteiger charge is 2.25. The molecule has 0 aliphatic carbocycles. The van der Waals surface area contributed by atoms with Crippen LogP contribution in [0.4, 0.5) is 0 Å². The van der Waals surface area contributed by atoms with E-state index in [0.717, 1.165) is 57.8 Å². The lowest BCUT2D eigenvalue weighted by Gasteiger charge is -2.13. The summed E-state index contributed by atoms with van der Waals surface area (Å²) >= 11 is 0. The minimum atomic E-state index is -1.15. The molecule has 0 spiro atoms. The van der Waals surface area contributed by atoms with E-state index in [2.05, 4.69) is 17.6 Å². The average molecular weight is 513 g/mol. The first-order chi connectivity index (χ1) is 17.4. The maximum absolute atomic E-state index is 12.0. The summed E-state index contributed by atoms with van der Waals surface area (Å²) in [6.07, 6.45) is 19.6. The maximum Gasteiger partial charge on any atom is 0.316 e. The number of rotatable bonds is 26. The molecule has 0 aromatic heterocycles. The largest absolute Gasteiger partial charge is 0.481 e. The number of hydrogen-bond acceptors (Lipinski definition) is 4. The van der Waals surface area contributed by atoms with Crippen molar-refractivity contribution < 1.29 is 29.4 Å². The number of hydrogen-bond donors (Lipinski definition) is 4. The van der Waals surface area contributed by atoms with Gasteiger partial charge in [-0.05, 0) is 25.7 Å². The van der Waals surface area contributed by atoms with Crippen LogP contribution in [0.1, 0.15) is 135 Å².